The van der Waals surface area contributed by atoms with E-state index in [0.717, 1.165) is 12.0 Å². The van der Waals surface area contributed by atoms with Crippen molar-refractivity contribution in [3.8, 4) is 0 Å². The van der Waals surface area contributed by atoms with Crippen LogP contribution in [0.25, 0.3) is 0 Å². The number of aromatic nitrogens is 1. The van der Waals surface area contributed by atoms with E-state index in [2.05, 4.69) is 10.3 Å². The molecule has 1 aromatic carbocycles. The van der Waals surface area contributed by atoms with Gasteiger partial charge in [-0.1, -0.05) is 12.1 Å². The number of aliphatic imine (C=N–C) groups is 1. The van der Waals surface area contributed by atoms with E-state index in [0.29, 0.717) is 10.6 Å². The van der Waals surface area contributed by atoms with E-state index in [1.165, 1.54) is 28.4 Å². The van der Waals surface area contributed by atoms with E-state index in [1.807, 2.05) is 0 Å². The van der Waals surface area contributed by atoms with Gasteiger partial charge < -0.3 is 15.2 Å². The van der Waals surface area contributed by atoms with Gasteiger partial charge in [-0.3, -0.25) is 14.7 Å². The molecule has 4 atom stereocenters. The van der Waals surface area contributed by atoms with Crippen molar-refractivity contribution in [2.24, 2.45) is 4.99 Å². The van der Waals surface area contributed by atoms with Crippen molar-refractivity contribution < 1.29 is 41.8 Å². The fourth-order valence-electron chi connectivity index (χ4n) is 5.59. The van der Waals surface area contributed by atoms with E-state index >= 15 is 8.78 Å². The molecule has 43 heavy (non-hydrogen) atoms. The average molecular weight is 626 g/mol. The van der Waals surface area contributed by atoms with E-state index in [-0.39, 0.29) is 49.0 Å². The zero-order chi connectivity index (χ0) is 31.1. The van der Waals surface area contributed by atoms with Crippen LogP contribution in [0.15, 0.2) is 46.0 Å². The monoisotopic (exact) mass is 625 g/mol. The second kappa shape index (κ2) is 11.9. The molecule has 232 valence electrons. The standard InChI is InChI=1S/C28H31F4N5O5S/c1-4-41-25(38)20-18(34-23(24-33-9-11-43-24)35-21(20)16-6-5-7-17(29)15(16)2)12-36-14-28(31,32)22-19(36)13-42-37(22)10-8-27(3,30)26(39)40/h5-7,9,11,19,21-22H,4,8,10,12-14H2,1-3H3,(H,34,35)(H,39,40)/t19-,21+,22+,27?/m1/s1. The SMILES string of the molecule is CCOC(=O)C1=C(CN2CC(F)(F)[C@@H]3[C@H]2CON3CCC(C)(F)C(=O)O)NC(c2nccs2)=N[C@H]1c1cccc(F)c1C. The zero-order valence-corrected chi connectivity index (χ0v) is 24.5. The Morgan fingerprint density at radius 2 is 2.12 bits per heavy atom. The number of ether oxygens (including phenoxy) is 1. The molecule has 0 amide bonds. The van der Waals surface area contributed by atoms with Gasteiger partial charge in [0.2, 0.25) is 5.67 Å². The fourth-order valence-corrected chi connectivity index (χ4v) is 6.17. The number of esters is 1. The van der Waals surface area contributed by atoms with Crippen molar-refractivity contribution in [3.63, 3.8) is 0 Å². The van der Waals surface area contributed by atoms with Gasteiger partial charge in [0.05, 0.1) is 31.4 Å². The number of benzene rings is 1. The average Bonchev–Trinajstić information content (AvgIpc) is 3.68. The number of thiazole rings is 1. The molecule has 0 spiro atoms. The lowest BCUT2D eigenvalue weighted by Crippen LogP contribution is -2.47. The Morgan fingerprint density at radius 3 is 2.79 bits per heavy atom. The van der Waals surface area contributed by atoms with Crippen LogP contribution in [0, 0.1) is 12.7 Å². The molecule has 2 N–H and O–H groups in total. The first-order chi connectivity index (χ1) is 20.3. The molecule has 1 aromatic heterocycles. The summed E-state index contributed by atoms with van der Waals surface area (Å²) >= 11 is 1.27. The normalized spacial score (nSPS) is 25.2. The topological polar surface area (TPSA) is 117 Å². The Bertz CT molecular complexity index is 1450. The van der Waals surface area contributed by atoms with Gasteiger partial charge >= 0.3 is 11.9 Å². The largest absolute Gasteiger partial charge is 0.479 e. The first-order valence-electron chi connectivity index (χ1n) is 13.7. The molecule has 0 saturated carbocycles. The third-order valence-corrected chi connectivity index (χ3v) is 8.65. The molecular weight excluding hydrogens is 594 g/mol. The number of hydroxylamine groups is 2. The molecule has 2 aromatic rings. The Labute approximate surface area is 249 Å². The van der Waals surface area contributed by atoms with Crippen LogP contribution in [-0.2, 0) is 19.2 Å². The van der Waals surface area contributed by atoms with Crippen molar-refractivity contribution in [2.45, 2.75) is 56.9 Å². The summed E-state index contributed by atoms with van der Waals surface area (Å²) in [6, 6.07) is 1.09. The first-order valence-corrected chi connectivity index (χ1v) is 14.6. The number of rotatable bonds is 10. The highest BCUT2D eigenvalue weighted by Gasteiger charge is 2.61. The maximum absolute atomic E-state index is 15.5. The quantitative estimate of drug-likeness (QED) is 0.302. The van der Waals surface area contributed by atoms with Crippen molar-refractivity contribution in [2.75, 3.05) is 32.8 Å². The second-order valence-electron chi connectivity index (χ2n) is 10.8. The summed E-state index contributed by atoms with van der Waals surface area (Å²) in [7, 11) is 0. The number of hydrogen-bond donors (Lipinski definition) is 2. The van der Waals surface area contributed by atoms with Gasteiger partial charge in [0.1, 0.15) is 17.9 Å². The number of aliphatic carboxylic acids is 1. The van der Waals surface area contributed by atoms with Crippen LogP contribution in [0.3, 0.4) is 0 Å². The molecule has 3 aliphatic heterocycles. The third kappa shape index (κ3) is 6.03. The van der Waals surface area contributed by atoms with Gasteiger partial charge in [-0.2, -0.15) is 5.06 Å². The number of carbonyl (C=O) groups is 2. The molecule has 1 unspecified atom stereocenters. The van der Waals surface area contributed by atoms with Gasteiger partial charge in [-0.05, 0) is 38.0 Å². The third-order valence-electron chi connectivity index (χ3n) is 7.87. The van der Waals surface area contributed by atoms with Gasteiger partial charge in [0.15, 0.2) is 10.8 Å². The van der Waals surface area contributed by atoms with E-state index in [9.17, 15) is 18.4 Å². The number of alkyl halides is 3. The Kier molecular flexibility index (Phi) is 8.62. The summed E-state index contributed by atoms with van der Waals surface area (Å²) in [5, 5.41) is 15.4. The Balaban J connectivity index is 1.51. The van der Waals surface area contributed by atoms with Crippen LogP contribution in [0.4, 0.5) is 17.6 Å². The minimum absolute atomic E-state index is 0.0344. The van der Waals surface area contributed by atoms with Crippen molar-refractivity contribution >= 4 is 29.1 Å². The van der Waals surface area contributed by atoms with Gasteiger partial charge in [0, 0.05) is 36.8 Å². The predicted molar refractivity (Wildman–Crippen MR) is 148 cm³/mol. The number of carbonyl (C=O) groups excluding carboxylic acids is 1. The van der Waals surface area contributed by atoms with Crippen LogP contribution >= 0.6 is 11.3 Å². The first kappa shape index (κ1) is 31.0. The highest BCUT2D eigenvalue weighted by Crippen LogP contribution is 2.42. The summed E-state index contributed by atoms with van der Waals surface area (Å²) in [6.07, 6.45) is 1.02. The number of carboxylic acid groups (broad SMARTS) is 1. The Morgan fingerprint density at radius 1 is 1.35 bits per heavy atom. The van der Waals surface area contributed by atoms with Gasteiger partial charge in [0.25, 0.3) is 5.92 Å². The van der Waals surface area contributed by atoms with Gasteiger partial charge in [-0.25, -0.2) is 32.1 Å². The Hall–Kier alpha value is -3.40. The number of fused-ring (bicyclic) bond motifs is 1. The highest BCUT2D eigenvalue weighted by atomic mass is 32.1. The summed E-state index contributed by atoms with van der Waals surface area (Å²) in [5.41, 5.74) is -1.65. The van der Waals surface area contributed by atoms with Crippen LogP contribution in [0.2, 0.25) is 0 Å². The number of likely N-dealkylation sites (tertiary alicyclic amines) is 1. The predicted octanol–water partition coefficient (Wildman–Crippen LogP) is 3.64. The molecule has 0 bridgehead atoms. The molecule has 0 radical (unpaired) electrons. The molecule has 4 heterocycles. The van der Waals surface area contributed by atoms with Crippen molar-refractivity contribution in [1.82, 2.24) is 20.3 Å². The second-order valence-corrected chi connectivity index (χ2v) is 11.7. The molecule has 2 saturated heterocycles. The molecule has 10 nitrogen and oxygen atoms in total. The molecule has 2 fully saturated rings. The molecule has 15 heteroatoms. The molecule has 3 aliphatic rings. The van der Waals surface area contributed by atoms with E-state index in [1.54, 1.807) is 31.5 Å². The van der Waals surface area contributed by atoms with Crippen molar-refractivity contribution in [3.05, 3.63) is 63.0 Å². The maximum atomic E-state index is 15.5. The fraction of sp³-hybridized carbons (Fsp3) is 0.500. The number of nitrogens with zero attached hydrogens (tertiary/aromatic N) is 4. The minimum atomic E-state index is -3.30. The summed E-state index contributed by atoms with van der Waals surface area (Å²) in [5.74, 6) is -5.94. The van der Waals surface area contributed by atoms with E-state index in [4.69, 9.17) is 19.7 Å². The number of nitrogens with one attached hydrogen (secondary N) is 1. The molecule has 5 rings (SSSR count). The number of halogens is 4. The van der Waals surface area contributed by atoms with Gasteiger partial charge in [-0.15, -0.1) is 11.3 Å². The van der Waals surface area contributed by atoms with Crippen molar-refractivity contribution in [1.29, 1.82) is 0 Å². The van der Waals surface area contributed by atoms with Crippen LogP contribution in [-0.4, -0.2) is 94.4 Å². The highest BCUT2D eigenvalue weighted by molar-refractivity contribution is 7.11. The van der Waals surface area contributed by atoms with Crippen LogP contribution < -0.4 is 5.32 Å². The summed E-state index contributed by atoms with van der Waals surface area (Å²) in [4.78, 5) is 40.6. The molecule has 0 aliphatic carbocycles. The summed E-state index contributed by atoms with van der Waals surface area (Å²) < 4.78 is 65.4. The van der Waals surface area contributed by atoms with E-state index < -0.39 is 60.4 Å². The lowest BCUT2D eigenvalue weighted by Gasteiger charge is -2.31. The lowest BCUT2D eigenvalue weighted by atomic mass is 9.92. The minimum Gasteiger partial charge on any atom is -0.479 e. The van der Waals surface area contributed by atoms with Crippen LogP contribution in [0.5, 0.6) is 0 Å². The number of carboxylic acids is 1. The molecular formula is C28H31F4N5O5S. The maximum Gasteiger partial charge on any atom is 0.341 e. The number of amidine groups is 1. The number of hydrogen-bond acceptors (Lipinski definition) is 10. The van der Waals surface area contributed by atoms with Crippen LogP contribution in [0.1, 0.15) is 42.4 Å². The lowest BCUT2D eigenvalue weighted by molar-refractivity contribution is -0.187. The zero-order valence-electron chi connectivity index (χ0n) is 23.7. The summed E-state index contributed by atoms with van der Waals surface area (Å²) in [6.45, 7) is 2.71. The smallest absolute Gasteiger partial charge is 0.341 e.